The number of thiazole rings is 1. The number of rotatable bonds is 7. The van der Waals surface area contributed by atoms with Crippen LogP contribution in [-0.2, 0) is 13.0 Å². The van der Waals surface area contributed by atoms with Gasteiger partial charge in [-0.15, -0.1) is 0 Å². The first kappa shape index (κ1) is 20.9. The number of aromatic nitrogens is 1. The van der Waals surface area contributed by atoms with Gasteiger partial charge in [-0.25, -0.2) is 4.98 Å². The molecule has 0 bridgehead atoms. The van der Waals surface area contributed by atoms with E-state index in [2.05, 4.69) is 19.1 Å². The second kappa shape index (κ2) is 9.18. The summed E-state index contributed by atoms with van der Waals surface area (Å²) in [5.74, 6) is 0.984. The van der Waals surface area contributed by atoms with Crippen LogP contribution in [0.3, 0.4) is 0 Å². The Balaban J connectivity index is 1.81. The molecule has 0 saturated heterocycles. The molecule has 31 heavy (non-hydrogen) atoms. The highest BCUT2D eigenvalue weighted by Gasteiger charge is 2.23. The molecule has 1 heterocycles. The number of nitrogens with zero attached hydrogens (tertiary/aromatic N) is 2. The predicted molar refractivity (Wildman–Crippen MR) is 125 cm³/mol. The molecule has 4 aromatic rings. The SMILES string of the molecule is CCc1cccc2sc(N(Cc3ccccc3)C(=O)c3cc(OC)cc(OC)c3)nc12. The lowest BCUT2D eigenvalue weighted by Gasteiger charge is -2.21. The average Bonchev–Trinajstić information content (AvgIpc) is 3.26. The molecule has 0 aliphatic carbocycles. The fraction of sp³-hybridized carbons (Fsp3) is 0.200. The molecular weight excluding hydrogens is 408 g/mol. The first-order valence-electron chi connectivity index (χ1n) is 10.1. The number of methoxy groups -OCH3 is 2. The van der Waals surface area contributed by atoms with Gasteiger partial charge in [0.25, 0.3) is 5.91 Å². The van der Waals surface area contributed by atoms with Crippen LogP contribution in [0, 0.1) is 0 Å². The molecule has 0 N–H and O–H groups in total. The van der Waals surface area contributed by atoms with Crippen LogP contribution in [0.1, 0.15) is 28.4 Å². The molecule has 6 heteroatoms. The standard InChI is InChI=1S/C25H24N2O3S/c1-4-18-11-8-12-22-23(18)26-25(31-22)27(16-17-9-6-5-7-10-17)24(28)19-13-20(29-2)15-21(14-19)30-3/h5-15H,4,16H2,1-3H3. The van der Waals surface area contributed by atoms with Crippen molar-refractivity contribution in [3.63, 3.8) is 0 Å². The number of fused-ring (bicyclic) bond motifs is 1. The van der Waals surface area contributed by atoms with Crippen LogP contribution in [0.5, 0.6) is 11.5 Å². The molecule has 0 radical (unpaired) electrons. The van der Waals surface area contributed by atoms with Gasteiger partial charge in [0, 0.05) is 11.6 Å². The highest BCUT2D eigenvalue weighted by molar-refractivity contribution is 7.22. The van der Waals surface area contributed by atoms with Crippen molar-refractivity contribution in [1.82, 2.24) is 4.98 Å². The number of ether oxygens (including phenoxy) is 2. The molecule has 0 fully saturated rings. The number of anilines is 1. The van der Waals surface area contributed by atoms with Crippen LogP contribution >= 0.6 is 11.3 Å². The monoisotopic (exact) mass is 432 g/mol. The summed E-state index contributed by atoms with van der Waals surface area (Å²) in [6, 6.07) is 21.3. The van der Waals surface area contributed by atoms with E-state index in [1.807, 2.05) is 36.4 Å². The number of carbonyl (C=O) groups excluding carboxylic acids is 1. The van der Waals surface area contributed by atoms with Crippen LogP contribution in [0.4, 0.5) is 5.13 Å². The van der Waals surface area contributed by atoms with E-state index in [9.17, 15) is 4.79 Å². The van der Waals surface area contributed by atoms with Crippen LogP contribution in [0.25, 0.3) is 10.2 Å². The van der Waals surface area contributed by atoms with Gasteiger partial charge < -0.3 is 9.47 Å². The van der Waals surface area contributed by atoms with E-state index < -0.39 is 0 Å². The van der Waals surface area contributed by atoms with E-state index in [0.29, 0.717) is 28.7 Å². The Kier molecular flexibility index (Phi) is 6.18. The zero-order chi connectivity index (χ0) is 21.8. The minimum absolute atomic E-state index is 0.154. The third-order valence-corrected chi connectivity index (χ3v) is 6.17. The van der Waals surface area contributed by atoms with Gasteiger partial charge in [0.2, 0.25) is 0 Å². The number of hydrogen-bond acceptors (Lipinski definition) is 5. The maximum Gasteiger partial charge on any atom is 0.260 e. The summed E-state index contributed by atoms with van der Waals surface area (Å²) in [7, 11) is 3.15. The van der Waals surface area contributed by atoms with Crippen molar-refractivity contribution in [2.75, 3.05) is 19.1 Å². The fourth-order valence-electron chi connectivity index (χ4n) is 3.47. The lowest BCUT2D eigenvalue weighted by atomic mass is 10.1. The van der Waals surface area contributed by atoms with Crippen molar-refractivity contribution in [1.29, 1.82) is 0 Å². The molecule has 0 unspecified atom stereocenters. The Labute approximate surface area is 185 Å². The Morgan fingerprint density at radius 1 is 0.968 bits per heavy atom. The van der Waals surface area contributed by atoms with E-state index in [4.69, 9.17) is 14.5 Å². The summed E-state index contributed by atoms with van der Waals surface area (Å²) in [6.07, 6.45) is 0.889. The summed E-state index contributed by atoms with van der Waals surface area (Å²) in [5, 5.41) is 0.673. The molecular formula is C25H24N2O3S. The average molecular weight is 433 g/mol. The van der Waals surface area contributed by atoms with Crippen molar-refractivity contribution >= 4 is 32.6 Å². The molecule has 0 saturated carbocycles. The molecule has 158 valence electrons. The topological polar surface area (TPSA) is 51.7 Å². The van der Waals surface area contributed by atoms with Crippen molar-refractivity contribution in [3.05, 3.63) is 83.4 Å². The van der Waals surface area contributed by atoms with Gasteiger partial charge in [0.15, 0.2) is 5.13 Å². The largest absolute Gasteiger partial charge is 0.497 e. The van der Waals surface area contributed by atoms with E-state index in [-0.39, 0.29) is 5.91 Å². The maximum absolute atomic E-state index is 13.7. The maximum atomic E-state index is 13.7. The fourth-order valence-corrected chi connectivity index (χ4v) is 4.48. The van der Waals surface area contributed by atoms with E-state index in [1.54, 1.807) is 37.3 Å². The van der Waals surface area contributed by atoms with Crippen LogP contribution in [0.15, 0.2) is 66.7 Å². The Bertz CT molecular complexity index is 1180. The molecule has 0 spiro atoms. The van der Waals surface area contributed by atoms with Crippen molar-refractivity contribution in [2.45, 2.75) is 19.9 Å². The van der Waals surface area contributed by atoms with Crippen LogP contribution < -0.4 is 14.4 Å². The molecule has 1 aromatic heterocycles. The van der Waals surface area contributed by atoms with Crippen molar-refractivity contribution in [2.24, 2.45) is 0 Å². The van der Waals surface area contributed by atoms with Crippen LogP contribution in [-0.4, -0.2) is 25.1 Å². The molecule has 3 aromatic carbocycles. The zero-order valence-electron chi connectivity index (χ0n) is 17.8. The number of amides is 1. The Morgan fingerprint density at radius 2 is 1.68 bits per heavy atom. The number of hydrogen-bond donors (Lipinski definition) is 0. The molecule has 5 nitrogen and oxygen atoms in total. The number of aryl methyl sites for hydroxylation is 1. The summed E-state index contributed by atoms with van der Waals surface area (Å²) in [6.45, 7) is 2.53. The number of benzene rings is 3. The number of para-hydroxylation sites is 1. The van der Waals surface area contributed by atoms with E-state index in [0.717, 1.165) is 22.2 Å². The summed E-state index contributed by atoms with van der Waals surface area (Å²) in [5.41, 5.74) is 3.65. The van der Waals surface area contributed by atoms with Gasteiger partial charge in [-0.3, -0.25) is 9.69 Å². The predicted octanol–water partition coefficient (Wildman–Crippen LogP) is 5.72. The van der Waals surface area contributed by atoms with Gasteiger partial charge in [0.1, 0.15) is 11.5 Å². The minimum Gasteiger partial charge on any atom is -0.497 e. The lowest BCUT2D eigenvalue weighted by Crippen LogP contribution is -2.30. The summed E-state index contributed by atoms with van der Waals surface area (Å²) < 4.78 is 11.8. The zero-order valence-corrected chi connectivity index (χ0v) is 18.6. The van der Waals surface area contributed by atoms with Gasteiger partial charge in [-0.2, -0.15) is 0 Å². The third-order valence-electron chi connectivity index (χ3n) is 5.13. The molecule has 0 aliphatic rings. The quantitative estimate of drug-likeness (QED) is 0.375. The first-order valence-corrected chi connectivity index (χ1v) is 10.9. The van der Waals surface area contributed by atoms with Gasteiger partial charge in [0.05, 0.1) is 31.0 Å². The lowest BCUT2D eigenvalue weighted by molar-refractivity contribution is 0.0984. The summed E-state index contributed by atoms with van der Waals surface area (Å²) >= 11 is 1.53. The number of carbonyl (C=O) groups is 1. The third kappa shape index (κ3) is 4.39. The highest BCUT2D eigenvalue weighted by atomic mass is 32.1. The van der Waals surface area contributed by atoms with Crippen molar-refractivity contribution < 1.29 is 14.3 Å². The van der Waals surface area contributed by atoms with E-state index in [1.165, 1.54) is 16.9 Å². The van der Waals surface area contributed by atoms with Crippen LogP contribution in [0.2, 0.25) is 0 Å². The van der Waals surface area contributed by atoms with Crippen molar-refractivity contribution in [3.8, 4) is 11.5 Å². The Hall–Kier alpha value is -3.38. The molecule has 1 amide bonds. The summed E-state index contributed by atoms with van der Waals surface area (Å²) in [4.78, 5) is 20.3. The van der Waals surface area contributed by atoms with E-state index >= 15 is 0 Å². The van der Waals surface area contributed by atoms with Gasteiger partial charge in [-0.05, 0) is 35.7 Å². The normalized spacial score (nSPS) is 10.8. The second-order valence-corrected chi connectivity index (χ2v) is 8.10. The minimum atomic E-state index is -0.154. The molecule has 0 aliphatic heterocycles. The molecule has 0 atom stereocenters. The highest BCUT2D eigenvalue weighted by Crippen LogP contribution is 2.33. The smallest absolute Gasteiger partial charge is 0.260 e. The first-order chi connectivity index (χ1) is 15.1. The molecule has 4 rings (SSSR count). The van der Waals surface area contributed by atoms with Gasteiger partial charge >= 0.3 is 0 Å². The second-order valence-electron chi connectivity index (χ2n) is 7.09. The Morgan fingerprint density at radius 3 is 2.32 bits per heavy atom. The van der Waals surface area contributed by atoms with Gasteiger partial charge in [-0.1, -0.05) is 60.7 Å².